The molecule has 5 nitrogen and oxygen atoms in total. The number of hydrogen-bond donors (Lipinski definition) is 2. The van der Waals surface area contributed by atoms with Crippen LogP contribution in [0.2, 0.25) is 5.02 Å². The summed E-state index contributed by atoms with van der Waals surface area (Å²) in [5, 5.41) is 12.2. The van der Waals surface area contributed by atoms with Gasteiger partial charge in [-0.15, -0.1) is 0 Å². The lowest BCUT2D eigenvalue weighted by atomic mass is 10.1. The summed E-state index contributed by atoms with van der Waals surface area (Å²) in [4.78, 5) is 24.6. The minimum Gasteiger partial charge on any atom is -0.481 e. The Labute approximate surface area is 142 Å². The summed E-state index contributed by atoms with van der Waals surface area (Å²) in [6.07, 6.45) is -0.0948. The van der Waals surface area contributed by atoms with Crippen LogP contribution < -0.4 is 5.32 Å². The number of hydrogen-bond acceptors (Lipinski definition) is 2. The van der Waals surface area contributed by atoms with Crippen LogP contribution in [0.15, 0.2) is 18.2 Å². The zero-order chi connectivity index (χ0) is 16.2. The third kappa shape index (κ3) is 5.70. The van der Waals surface area contributed by atoms with Crippen LogP contribution >= 0.6 is 34.2 Å². The van der Waals surface area contributed by atoms with E-state index in [2.05, 4.69) is 27.9 Å². The molecule has 2 N–H and O–H groups in total. The van der Waals surface area contributed by atoms with Gasteiger partial charge in [-0.25, -0.2) is 4.79 Å². The lowest BCUT2D eigenvalue weighted by molar-refractivity contribution is -0.137. The van der Waals surface area contributed by atoms with Gasteiger partial charge in [-0.3, -0.25) is 4.79 Å². The number of urea groups is 1. The fraction of sp³-hybridized carbons (Fsp3) is 0.429. The molecule has 1 aromatic rings. The molecule has 0 aliphatic heterocycles. The first-order chi connectivity index (χ1) is 9.61. The molecule has 0 aliphatic carbocycles. The third-order valence-corrected chi connectivity index (χ3v) is 3.90. The number of aliphatic carboxylic acids is 1. The highest BCUT2D eigenvalue weighted by Crippen LogP contribution is 2.24. The van der Waals surface area contributed by atoms with Crippen molar-refractivity contribution in [2.75, 3.05) is 11.9 Å². The quantitative estimate of drug-likeness (QED) is 0.716. The third-order valence-electron chi connectivity index (χ3n) is 2.78. The van der Waals surface area contributed by atoms with E-state index in [1.165, 1.54) is 4.90 Å². The molecule has 0 aliphatic rings. The van der Waals surface area contributed by atoms with Gasteiger partial charge in [0.1, 0.15) is 0 Å². The Kier molecular flexibility index (Phi) is 6.27. The average Bonchev–Trinajstić information content (AvgIpc) is 2.30. The molecule has 0 fully saturated rings. The number of nitrogens with zero attached hydrogens (tertiary/aromatic N) is 1. The lowest BCUT2D eigenvalue weighted by Crippen LogP contribution is -2.48. The number of benzene rings is 1. The number of anilines is 1. The molecular formula is C14H18ClIN2O3. The van der Waals surface area contributed by atoms with Crippen molar-refractivity contribution in [3.05, 3.63) is 26.8 Å². The molecule has 7 heteroatoms. The van der Waals surface area contributed by atoms with E-state index >= 15 is 0 Å². The summed E-state index contributed by atoms with van der Waals surface area (Å²) in [6, 6.07) is 4.83. The fourth-order valence-corrected chi connectivity index (χ4v) is 2.73. The second-order valence-electron chi connectivity index (χ2n) is 5.52. The smallest absolute Gasteiger partial charge is 0.322 e. The summed E-state index contributed by atoms with van der Waals surface area (Å²) in [7, 11) is 0. The van der Waals surface area contributed by atoms with E-state index < -0.39 is 11.5 Å². The molecule has 0 heterocycles. The molecule has 0 unspecified atom stereocenters. The molecule has 2 amide bonds. The predicted molar refractivity (Wildman–Crippen MR) is 91.9 cm³/mol. The Balaban J connectivity index is 2.88. The zero-order valence-corrected chi connectivity index (χ0v) is 15.0. The van der Waals surface area contributed by atoms with Crippen molar-refractivity contribution in [2.24, 2.45) is 0 Å². The number of carboxylic acid groups (broad SMARTS) is 1. The number of nitrogens with one attached hydrogen (secondary N) is 1. The normalized spacial score (nSPS) is 11.1. The molecule has 0 radical (unpaired) electrons. The minimum absolute atomic E-state index is 0.0948. The highest BCUT2D eigenvalue weighted by Gasteiger charge is 2.27. The highest BCUT2D eigenvalue weighted by atomic mass is 127. The van der Waals surface area contributed by atoms with Crippen LogP contribution in [-0.4, -0.2) is 34.1 Å². The van der Waals surface area contributed by atoms with Crippen molar-refractivity contribution in [2.45, 2.75) is 32.7 Å². The van der Waals surface area contributed by atoms with Crippen molar-refractivity contribution in [3.8, 4) is 0 Å². The largest absolute Gasteiger partial charge is 0.481 e. The van der Waals surface area contributed by atoms with Crippen molar-refractivity contribution in [1.29, 1.82) is 0 Å². The number of halogens is 2. The van der Waals surface area contributed by atoms with E-state index in [4.69, 9.17) is 16.7 Å². The molecule has 1 rings (SSSR count). The van der Waals surface area contributed by atoms with Crippen molar-refractivity contribution < 1.29 is 14.7 Å². The van der Waals surface area contributed by atoms with Crippen LogP contribution in [0, 0.1) is 3.57 Å². The lowest BCUT2D eigenvalue weighted by Gasteiger charge is -2.35. The van der Waals surface area contributed by atoms with Gasteiger partial charge in [0.15, 0.2) is 0 Å². The zero-order valence-electron chi connectivity index (χ0n) is 12.1. The molecule has 0 atom stereocenters. The maximum absolute atomic E-state index is 12.4. The summed E-state index contributed by atoms with van der Waals surface area (Å²) >= 11 is 7.96. The molecule has 21 heavy (non-hydrogen) atoms. The van der Waals surface area contributed by atoms with E-state index in [1.54, 1.807) is 18.2 Å². The topological polar surface area (TPSA) is 69.6 Å². The van der Waals surface area contributed by atoms with Crippen LogP contribution in [-0.2, 0) is 4.79 Å². The van der Waals surface area contributed by atoms with Crippen LogP contribution in [0.3, 0.4) is 0 Å². The summed E-state index contributed by atoms with van der Waals surface area (Å²) in [6.45, 7) is 5.73. The maximum Gasteiger partial charge on any atom is 0.322 e. The standard InChI is InChI=1S/C14H18ClIN2O3/c1-14(2,3)18(7-6-12(19)20)13(21)17-11-5-4-9(15)8-10(11)16/h4-5,8H,6-7H2,1-3H3,(H,17,21)(H,19,20). The molecular weight excluding hydrogens is 407 g/mol. The van der Waals surface area contributed by atoms with Gasteiger partial charge in [0.25, 0.3) is 0 Å². The summed E-state index contributed by atoms with van der Waals surface area (Å²) < 4.78 is 0.820. The van der Waals surface area contributed by atoms with Crippen LogP contribution in [0.25, 0.3) is 0 Å². The number of rotatable bonds is 4. The highest BCUT2D eigenvalue weighted by molar-refractivity contribution is 14.1. The first-order valence-corrected chi connectivity index (χ1v) is 7.82. The van der Waals surface area contributed by atoms with Gasteiger partial charge in [0, 0.05) is 20.7 Å². The van der Waals surface area contributed by atoms with Gasteiger partial charge < -0.3 is 15.3 Å². The Morgan fingerprint density at radius 1 is 1.38 bits per heavy atom. The first-order valence-electron chi connectivity index (χ1n) is 6.36. The van der Waals surface area contributed by atoms with Crippen LogP contribution in [0.5, 0.6) is 0 Å². The fourth-order valence-electron chi connectivity index (χ4n) is 1.72. The van der Waals surface area contributed by atoms with Gasteiger partial charge in [0.2, 0.25) is 0 Å². The molecule has 1 aromatic carbocycles. The number of carbonyl (C=O) groups excluding carboxylic acids is 1. The Morgan fingerprint density at radius 3 is 2.48 bits per heavy atom. The molecule has 0 bridgehead atoms. The van der Waals surface area contributed by atoms with Gasteiger partial charge >= 0.3 is 12.0 Å². The van der Waals surface area contributed by atoms with Gasteiger partial charge in [-0.1, -0.05) is 11.6 Å². The second-order valence-corrected chi connectivity index (χ2v) is 7.12. The maximum atomic E-state index is 12.4. The van der Waals surface area contributed by atoms with E-state index in [0.717, 1.165) is 3.57 Å². The van der Waals surface area contributed by atoms with Crippen LogP contribution in [0.1, 0.15) is 27.2 Å². The molecule has 116 valence electrons. The van der Waals surface area contributed by atoms with E-state index in [0.29, 0.717) is 10.7 Å². The van der Waals surface area contributed by atoms with Crippen molar-refractivity contribution in [3.63, 3.8) is 0 Å². The number of carboxylic acids is 1. The van der Waals surface area contributed by atoms with Gasteiger partial charge in [-0.05, 0) is 61.6 Å². The average molecular weight is 425 g/mol. The summed E-state index contributed by atoms with van der Waals surface area (Å²) in [5.41, 5.74) is 0.173. The Bertz CT molecular complexity index is 544. The summed E-state index contributed by atoms with van der Waals surface area (Å²) in [5.74, 6) is -0.932. The predicted octanol–water partition coefficient (Wildman–Crippen LogP) is 4.05. The van der Waals surface area contributed by atoms with Gasteiger partial charge in [0.05, 0.1) is 12.1 Å². The van der Waals surface area contributed by atoms with Crippen LogP contribution in [0.4, 0.5) is 10.5 Å². The first kappa shape index (κ1) is 18.0. The van der Waals surface area contributed by atoms with E-state index in [1.807, 2.05) is 20.8 Å². The molecule has 0 aromatic heterocycles. The Hall–Kier alpha value is -1.02. The van der Waals surface area contributed by atoms with E-state index in [-0.39, 0.29) is 19.0 Å². The molecule has 0 spiro atoms. The number of amides is 2. The van der Waals surface area contributed by atoms with E-state index in [9.17, 15) is 9.59 Å². The van der Waals surface area contributed by atoms with Gasteiger partial charge in [-0.2, -0.15) is 0 Å². The molecule has 0 saturated heterocycles. The monoisotopic (exact) mass is 424 g/mol. The minimum atomic E-state index is -0.932. The van der Waals surface area contributed by atoms with Crippen molar-refractivity contribution >= 4 is 51.9 Å². The SMILES string of the molecule is CC(C)(C)N(CCC(=O)O)C(=O)Nc1ccc(Cl)cc1I. The molecule has 0 saturated carbocycles. The number of carbonyl (C=O) groups is 2. The second kappa shape index (κ2) is 7.31. The Morgan fingerprint density at radius 2 is 2.00 bits per heavy atom. The van der Waals surface area contributed by atoms with Crippen molar-refractivity contribution in [1.82, 2.24) is 4.90 Å².